The van der Waals surface area contributed by atoms with Crippen molar-refractivity contribution in [3.8, 4) is 39.5 Å². The van der Waals surface area contributed by atoms with Crippen LogP contribution in [-0.4, -0.2) is 76.9 Å². The van der Waals surface area contributed by atoms with Gasteiger partial charge in [-0.05, 0) is 24.6 Å². The molecule has 1 aromatic carbocycles. The Morgan fingerprint density at radius 3 is 2.60 bits per heavy atom. The van der Waals surface area contributed by atoms with Crippen LogP contribution in [-0.2, 0) is 11.3 Å². The van der Waals surface area contributed by atoms with E-state index in [2.05, 4.69) is 40.2 Å². The molecule has 6 rings (SSSR count). The fourth-order valence-corrected chi connectivity index (χ4v) is 6.54. The molecule has 13 heteroatoms. The number of nitrogens with zero attached hydrogens (tertiary/aromatic N) is 4. The summed E-state index contributed by atoms with van der Waals surface area (Å²) in [6, 6.07) is 13.7. The Kier molecular flexibility index (Phi) is 9.70. The summed E-state index contributed by atoms with van der Waals surface area (Å²) < 4.78 is 7.38. The van der Waals surface area contributed by atoms with E-state index in [-0.39, 0.29) is 30.1 Å². The van der Waals surface area contributed by atoms with E-state index in [0.717, 1.165) is 23.1 Å². The standard InChI is InChI=1S/C34H38Cl2N8O3/c1-19(2)39-17-28-42-44-18-21(14-27(44)34(46)43(28)3)32-31(36)24(12-13-38-32)23-6-5-7-25(30(23)35)26-10-8-20(33(41-26)47-4)15-37-16-22-9-11-29(45)40-22/h5-8,10,12-14,18-19,22,28,37,39,42H,9,11,15-17H2,1-4H3,(H,40,45)/t22-,28?/m0/s1. The van der Waals surface area contributed by atoms with Crippen LogP contribution in [0.25, 0.3) is 33.6 Å². The van der Waals surface area contributed by atoms with Crippen LogP contribution < -0.4 is 26.1 Å². The second kappa shape index (κ2) is 13.9. The lowest BCUT2D eigenvalue weighted by atomic mass is 10.00. The van der Waals surface area contributed by atoms with Gasteiger partial charge in [0.25, 0.3) is 5.91 Å². The number of hydrogen-bond donors (Lipinski definition) is 4. The number of pyridine rings is 2. The first-order chi connectivity index (χ1) is 22.6. The number of hydrogen-bond acceptors (Lipinski definition) is 8. The van der Waals surface area contributed by atoms with Crippen LogP contribution in [0.3, 0.4) is 0 Å². The maximum Gasteiger partial charge on any atom is 0.273 e. The molecular formula is C34H38Cl2N8O3. The zero-order valence-electron chi connectivity index (χ0n) is 26.7. The number of rotatable bonds is 11. The second-order valence-corrected chi connectivity index (χ2v) is 12.9. The van der Waals surface area contributed by atoms with Crippen molar-refractivity contribution in [1.82, 2.24) is 35.5 Å². The molecule has 2 aliphatic rings. The third-order valence-electron chi connectivity index (χ3n) is 8.49. The van der Waals surface area contributed by atoms with Gasteiger partial charge in [0.15, 0.2) is 0 Å². The van der Waals surface area contributed by atoms with Crippen molar-refractivity contribution < 1.29 is 14.3 Å². The molecule has 1 unspecified atom stereocenters. The number of ether oxygens (including phenoxy) is 1. The van der Waals surface area contributed by atoms with Crippen molar-refractivity contribution in [2.24, 2.45) is 0 Å². The molecule has 5 heterocycles. The van der Waals surface area contributed by atoms with Crippen molar-refractivity contribution in [1.29, 1.82) is 0 Å². The lowest BCUT2D eigenvalue weighted by Crippen LogP contribution is -2.55. The minimum absolute atomic E-state index is 0.0952. The van der Waals surface area contributed by atoms with Gasteiger partial charge in [-0.25, -0.2) is 4.98 Å². The molecule has 0 spiro atoms. The summed E-state index contributed by atoms with van der Waals surface area (Å²) in [5.74, 6) is 0.489. The molecule has 47 heavy (non-hydrogen) atoms. The summed E-state index contributed by atoms with van der Waals surface area (Å²) in [4.78, 5) is 35.8. The van der Waals surface area contributed by atoms with Crippen LogP contribution in [0, 0.1) is 0 Å². The third kappa shape index (κ3) is 6.80. The molecule has 3 aromatic heterocycles. The first-order valence-corrected chi connectivity index (χ1v) is 16.4. The highest BCUT2D eigenvalue weighted by molar-refractivity contribution is 6.39. The fraction of sp³-hybridized carbons (Fsp3) is 0.353. The van der Waals surface area contributed by atoms with E-state index in [1.165, 1.54) is 0 Å². The predicted molar refractivity (Wildman–Crippen MR) is 184 cm³/mol. The summed E-state index contributed by atoms with van der Waals surface area (Å²) in [7, 11) is 3.37. The van der Waals surface area contributed by atoms with Gasteiger partial charge >= 0.3 is 0 Å². The summed E-state index contributed by atoms with van der Waals surface area (Å²) in [6.07, 6.45) is 4.71. The SMILES string of the molecule is COc1nc(-c2cccc(-c3ccnc(-c4cc5n(c4)NC(CNC(C)C)N(C)C5=O)c3Cl)c2Cl)ccc1CNC[C@@H]1CCC(=O)N1. The Morgan fingerprint density at radius 2 is 1.85 bits per heavy atom. The Hall–Kier alpha value is -4.16. The van der Waals surface area contributed by atoms with Crippen LogP contribution >= 0.6 is 23.2 Å². The van der Waals surface area contributed by atoms with E-state index in [0.29, 0.717) is 70.2 Å². The van der Waals surface area contributed by atoms with Crippen molar-refractivity contribution in [2.45, 2.75) is 51.5 Å². The lowest BCUT2D eigenvalue weighted by Gasteiger charge is -2.35. The third-order valence-corrected chi connectivity index (χ3v) is 9.28. The minimum Gasteiger partial charge on any atom is -0.481 e. The van der Waals surface area contributed by atoms with Crippen molar-refractivity contribution in [3.63, 3.8) is 0 Å². The van der Waals surface area contributed by atoms with Gasteiger partial charge in [0.1, 0.15) is 11.9 Å². The largest absolute Gasteiger partial charge is 0.481 e. The average Bonchev–Trinajstić information content (AvgIpc) is 3.68. The molecule has 1 fully saturated rings. The molecular weight excluding hydrogens is 639 g/mol. The number of likely N-dealkylation sites (N-methyl/N-ethyl adjacent to an activating group) is 1. The molecule has 2 atom stereocenters. The number of fused-ring (bicyclic) bond motifs is 1. The van der Waals surface area contributed by atoms with Crippen molar-refractivity contribution in [3.05, 3.63) is 76.2 Å². The molecule has 0 aliphatic carbocycles. The number of aromatic nitrogens is 3. The Morgan fingerprint density at radius 1 is 1.06 bits per heavy atom. The predicted octanol–water partition coefficient (Wildman–Crippen LogP) is 4.92. The molecule has 0 radical (unpaired) electrons. The Balaban J connectivity index is 1.25. The van der Waals surface area contributed by atoms with Gasteiger partial charge in [-0.15, -0.1) is 0 Å². The first-order valence-electron chi connectivity index (χ1n) is 15.6. The topological polar surface area (TPSA) is 125 Å². The molecule has 0 saturated carbocycles. The van der Waals surface area contributed by atoms with Gasteiger partial charge in [-0.3, -0.25) is 19.2 Å². The van der Waals surface area contributed by atoms with E-state index in [1.807, 2.05) is 42.6 Å². The van der Waals surface area contributed by atoms with E-state index in [1.54, 1.807) is 36.0 Å². The fourth-order valence-electron chi connectivity index (χ4n) is 5.90. The highest BCUT2D eigenvalue weighted by Crippen LogP contribution is 2.42. The number of nitrogens with one attached hydrogen (secondary N) is 4. The molecule has 4 aromatic rings. The van der Waals surface area contributed by atoms with Gasteiger partial charge in [0.05, 0.1) is 28.5 Å². The molecule has 4 N–H and O–H groups in total. The van der Waals surface area contributed by atoms with E-state index in [4.69, 9.17) is 32.9 Å². The van der Waals surface area contributed by atoms with Crippen LogP contribution in [0.1, 0.15) is 42.7 Å². The van der Waals surface area contributed by atoms with Gasteiger partial charge in [0.2, 0.25) is 11.8 Å². The molecule has 11 nitrogen and oxygen atoms in total. The summed E-state index contributed by atoms with van der Waals surface area (Å²) in [5, 5.41) is 10.6. The van der Waals surface area contributed by atoms with Crippen LogP contribution in [0.4, 0.5) is 0 Å². The van der Waals surface area contributed by atoms with Crippen LogP contribution in [0.2, 0.25) is 10.0 Å². The second-order valence-electron chi connectivity index (χ2n) is 12.1. The zero-order chi connectivity index (χ0) is 33.2. The number of halogens is 2. The van der Waals surface area contributed by atoms with Gasteiger partial charge < -0.3 is 31.0 Å². The number of carbonyl (C=O) groups is 2. The average molecular weight is 678 g/mol. The van der Waals surface area contributed by atoms with Gasteiger partial charge in [-0.1, -0.05) is 61.3 Å². The van der Waals surface area contributed by atoms with Crippen molar-refractivity contribution >= 4 is 35.0 Å². The smallest absolute Gasteiger partial charge is 0.273 e. The highest BCUT2D eigenvalue weighted by atomic mass is 35.5. The number of carbonyl (C=O) groups excluding carboxylic acids is 2. The monoisotopic (exact) mass is 676 g/mol. The number of benzene rings is 1. The highest BCUT2D eigenvalue weighted by Gasteiger charge is 2.31. The van der Waals surface area contributed by atoms with Crippen molar-refractivity contribution in [2.75, 3.05) is 32.7 Å². The van der Waals surface area contributed by atoms with E-state index in [9.17, 15) is 9.59 Å². The molecule has 0 bridgehead atoms. The zero-order valence-corrected chi connectivity index (χ0v) is 28.2. The molecule has 2 aliphatic heterocycles. The van der Waals surface area contributed by atoms with E-state index < -0.39 is 0 Å². The molecule has 1 saturated heterocycles. The van der Waals surface area contributed by atoms with Gasteiger partial charge in [-0.2, -0.15) is 0 Å². The number of methoxy groups -OCH3 is 1. The first kappa shape index (κ1) is 32.8. The molecule has 2 amide bonds. The summed E-state index contributed by atoms with van der Waals surface area (Å²) >= 11 is 14.1. The maximum absolute atomic E-state index is 13.2. The normalized spacial score (nSPS) is 17.6. The van der Waals surface area contributed by atoms with Crippen LogP contribution in [0.15, 0.2) is 54.9 Å². The Labute approximate surface area is 284 Å². The number of amides is 2. The molecule has 246 valence electrons. The van der Waals surface area contributed by atoms with Gasteiger partial charge in [0, 0.05) is 85.4 Å². The summed E-state index contributed by atoms with van der Waals surface area (Å²) in [5.41, 5.74) is 8.83. The minimum atomic E-state index is -0.215. The quantitative estimate of drug-likeness (QED) is 0.177. The lowest BCUT2D eigenvalue weighted by molar-refractivity contribution is -0.119. The Bertz CT molecular complexity index is 1810. The van der Waals surface area contributed by atoms with Crippen LogP contribution in [0.5, 0.6) is 5.88 Å². The maximum atomic E-state index is 13.2. The summed E-state index contributed by atoms with van der Waals surface area (Å²) in [6.45, 7) is 5.94. The van der Waals surface area contributed by atoms with E-state index >= 15 is 0 Å².